The molecule has 0 unspecified atom stereocenters. The molecular weight excluding hydrogens is 266 g/mol. The highest BCUT2D eigenvalue weighted by atomic mass is 32.2. The molecule has 7 nitrogen and oxygen atoms in total. The third-order valence-electron chi connectivity index (χ3n) is 2.62. The normalized spacial score (nSPS) is 11.7. The van der Waals surface area contributed by atoms with Crippen LogP contribution in [-0.4, -0.2) is 41.9 Å². The molecule has 0 radical (unpaired) electrons. The monoisotopic (exact) mass is 281 g/mol. The number of rotatable bonds is 5. The molecule has 102 valence electrons. The zero-order valence-electron chi connectivity index (χ0n) is 10.7. The Bertz CT molecular complexity index is 648. The topological polar surface area (TPSA) is 89.8 Å². The maximum absolute atomic E-state index is 11.4. The van der Waals surface area contributed by atoms with Gasteiger partial charge in [-0.3, -0.25) is 0 Å². The van der Waals surface area contributed by atoms with Crippen molar-refractivity contribution in [1.82, 2.24) is 25.5 Å². The highest BCUT2D eigenvalue weighted by Gasteiger charge is 2.08. The van der Waals surface area contributed by atoms with Gasteiger partial charge in [0.15, 0.2) is 15.7 Å². The summed E-state index contributed by atoms with van der Waals surface area (Å²) >= 11 is 0. The zero-order chi connectivity index (χ0) is 13.9. The standard InChI is InChI=1S/C11H15N5O2S/c1-12-7-11-13-14-15-16(11)8-9-3-5-10(6-4-9)19(2,17)18/h3-6,12H,7-8H2,1-2H3. The number of nitrogens with zero attached hydrogens (tertiary/aromatic N) is 4. The van der Waals surface area contributed by atoms with Gasteiger partial charge in [0.05, 0.1) is 18.0 Å². The van der Waals surface area contributed by atoms with Crippen LogP contribution >= 0.6 is 0 Å². The lowest BCUT2D eigenvalue weighted by Gasteiger charge is -2.05. The molecule has 0 saturated heterocycles. The molecule has 8 heteroatoms. The fourth-order valence-electron chi connectivity index (χ4n) is 1.65. The van der Waals surface area contributed by atoms with E-state index in [1.54, 1.807) is 28.9 Å². The molecule has 0 amide bonds. The van der Waals surface area contributed by atoms with Crippen molar-refractivity contribution < 1.29 is 8.42 Å². The maximum Gasteiger partial charge on any atom is 0.175 e. The lowest BCUT2D eigenvalue weighted by atomic mass is 10.2. The Morgan fingerprint density at radius 1 is 1.26 bits per heavy atom. The second-order valence-corrected chi connectivity index (χ2v) is 6.21. The second kappa shape index (κ2) is 5.45. The first kappa shape index (κ1) is 13.6. The van der Waals surface area contributed by atoms with Gasteiger partial charge in [-0.05, 0) is 35.2 Å². The zero-order valence-corrected chi connectivity index (χ0v) is 11.6. The van der Waals surface area contributed by atoms with Crippen LogP contribution in [0.1, 0.15) is 11.4 Å². The predicted molar refractivity (Wildman–Crippen MR) is 69.2 cm³/mol. The minimum atomic E-state index is -3.16. The molecule has 1 aromatic carbocycles. The summed E-state index contributed by atoms with van der Waals surface area (Å²) in [4.78, 5) is 0.309. The second-order valence-electron chi connectivity index (χ2n) is 4.20. The third-order valence-corrected chi connectivity index (χ3v) is 3.75. The Kier molecular flexibility index (Phi) is 3.91. The third kappa shape index (κ3) is 3.36. The van der Waals surface area contributed by atoms with Crippen molar-refractivity contribution in [2.75, 3.05) is 13.3 Å². The average molecular weight is 281 g/mol. The molecule has 1 N–H and O–H groups in total. The van der Waals surface area contributed by atoms with Crippen LogP contribution < -0.4 is 5.32 Å². The molecule has 0 saturated carbocycles. The van der Waals surface area contributed by atoms with Gasteiger partial charge in [0, 0.05) is 6.26 Å². The molecule has 0 aliphatic carbocycles. The summed E-state index contributed by atoms with van der Waals surface area (Å²) in [6.07, 6.45) is 1.19. The van der Waals surface area contributed by atoms with E-state index in [0.717, 1.165) is 11.4 Å². The van der Waals surface area contributed by atoms with E-state index in [9.17, 15) is 8.42 Å². The van der Waals surface area contributed by atoms with Crippen molar-refractivity contribution in [2.24, 2.45) is 0 Å². The van der Waals surface area contributed by atoms with Gasteiger partial charge in [-0.1, -0.05) is 12.1 Å². The van der Waals surface area contributed by atoms with Gasteiger partial charge in [-0.15, -0.1) is 5.10 Å². The molecule has 2 aromatic rings. The molecule has 0 spiro atoms. The van der Waals surface area contributed by atoms with Crippen LogP contribution in [0.25, 0.3) is 0 Å². The van der Waals surface area contributed by atoms with Gasteiger partial charge in [0.1, 0.15) is 0 Å². The highest BCUT2D eigenvalue weighted by Crippen LogP contribution is 2.11. The van der Waals surface area contributed by atoms with Gasteiger partial charge < -0.3 is 5.32 Å². The van der Waals surface area contributed by atoms with Gasteiger partial charge in [0.2, 0.25) is 0 Å². The first-order valence-electron chi connectivity index (χ1n) is 5.69. The van der Waals surface area contributed by atoms with Gasteiger partial charge in [0.25, 0.3) is 0 Å². The van der Waals surface area contributed by atoms with Gasteiger partial charge >= 0.3 is 0 Å². The van der Waals surface area contributed by atoms with Crippen molar-refractivity contribution in [2.45, 2.75) is 18.0 Å². The molecule has 0 atom stereocenters. The molecular formula is C11H15N5O2S. The summed E-state index contributed by atoms with van der Waals surface area (Å²) < 4.78 is 24.4. The number of tetrazole rings is 1. The number of hydrogen-bond acceptors (Lipinski definition) is 6. The van der Waals surface area contributed by atoms with E-state index in [0.29, 0.717) is 18.0 Å². The summed E-state index contributed by atoms with van der Waals surface area (Å²) in [5.41, 5.74) is 0.942. The van der Waals surface area contributed by atoms with Crippen LogP contribution in [-0.2, 0) is 22.9 Å². The van der Waals surface area contributed by atoms with E-state index in [4.69, 9.17) is 0 Å². The highest BCUT2D eigenvalue weighted by molar-refractivity contribution is 7.90. The molecule has 1 heterocycles. The number of sulfone groups is 1. The maximum atomic E-state index is 11.4. The average Bonchev–Trinajstić information content (AvgIpc) is 2.77. The summed E-state index contributed by atoms with van der Waals surface area (Å²) in [6.45, 7) is 1.09. The van der Waals surface area contributed by atoms with Crippen molar-refractivity contribution in [3.63, 3.8) is 0 Å². The SMILES string of the molecule is CNCc1nnnn1Cc1ccc(S(C)(=O)=O)cc1. The van der Waals surface area contributed by atoms with E-state index in [1.807, 2.05) is 7.05 Å². The van der Waals surface area contributed by atoms with E-state index in [-0.39, 0.29) is 0 Å². The van der Waals surface area contributed by atoms with Crippen molar-refractivity contribution >= 4 is 9.84 Å². The lowest BCUT2D eigenvalue weighted by Crippen LogP contribution is -2.14. The fourth-order valence-corrected chi connectivity index (χ4v) is 2.28. The van der Waals surface area contributed by atoms with Crippen molar-refractivity contribution in [3.8, 4) is 0 Å². The summed E-state index contributed by atoms with van der Waals surface area (Å²) in [5, 5.41) is 14.4. The Balaban J connectivity index is 2.18. The first-order valence-corrected chi connectivity index (χ1v) is 7.58. The van der Waals surface area contributed by atoms with Gasteiger partial charge in [-0.2, -0.15) is 0 Å². The summed E-state index contributed by atoms with van der Waals surface area (Å²) in [7, 11) is -1.34. The largest absolute Gasteiger partial charge is 0.313 e. The van der Waals surface area contributed by atoms with E-state index < -0.39 is 9.84 Å². The molecule has 19 heavy (non-hydrogen) atoms. The van der Waals surface area contributed by atoms with Gasteiger partial charge in [-0.25, -0.2) is 13.1 Å². The van der Waals surface area contributed by atoms with Crippen LogP contribution in [0.4, 0.5) is 0 Å². The van der Waals surface area contributed by atoms with Crippen LogP contribution in [0, 0.1) is 0 Å². The minimum Gasteiger partial charge on any atom is -0.313 e. The first-order chi connectivity index (χ1) is 9.00. The van der Waals surface area contributed by atoms with Crippen LogP contribution in [0.3, 0.4) is 0 Å². The Morgan fingerprint density at radius 3 is 2.53 bits per heavy atom. The summed E-state index contributed by atoms with van der Waals surface area (Å²) in [6, 6.07) is 6.71. The van der Waals surface area contributed by atoms with Crippen LogP contribution in [0.15, 0.2) is 29.2 Å². The molecule has 0 aliphatic rings. The summed E-state index contributed by atoms with van der Waals surface area (Å²) in [5.74, 6) is 0.731. The quantitative estimate of drug-likeness (QED) is 0.819. The minimum absolute atomic E-state index is 0.309. The molecule has 0 aliphatic heterocycles. The number of nitrogens with one attached hydrogen (secondary N) is 1. The molecule has 1 aromatic heterocycles. The van der Waals surface area contributed by atoms with Crippen molar-refractivity contribution in [3.05, 3.63) is 35.7 Å². The number of benzene rings is 1. The van der Waals surface area contributed by atoms with Crippen LogP contribution in [0.5, 0.6) is 0 Å². The smallest absolute Gasteiger partial charge is 0.175 e. The van der Waals surface area contributed by atoms with E-state index in [1.165, 1.54) is 6.26 Å². The number of aromatic nitrogens is 4. The Morgan fingerprint density at radius 2 is 1.95 bits per heavy atom. The fraction of sp³-hybridized carbons (Fsp3) is 0.364. The van der Waals surface area contributed by atoms with E-state index >= 15 is 0 Å². The Hall–Kier alpha value is -1.80. The lowest BCUT2D eigenvalue weighted by molar-refractivity contribution is 0.598. The predicted octanol–water partition coefficient (Wildman–Crippen LogP) is -0.156. The molecule has 0 bridgehead atoms. The number of hydrogen-bond donors (Lipinski definition) is 1. The Labute approximate surface area is 111 Å². The molecule has 2 rings (SSSR count). The van der Waals surface area contributed by atoms with E-state index in [2.05, 4.69) is 20.8 Å². The molecule has 0 fully saturated rings. The van der Waals surface area contributed by atoms with Crippen molar-refractivity contribution in [1.29, 1.82) is 0 Å². The van der Waals surface area contributed by atoms with Crippen LogP contribution in [0.2, 0.25) is 0 Å².